The first-order chi connectivity index (χ1) is 12.5. The van der Waals surface area contributed by atoms with Gasteiger partial charge in [0, 0.05) is 43.0 Å². The van der Waals surface area contributed by atoms with Crippen LogP contribution in [0.15, 0.2) is 36.5 Å². The molecule has 3 heterocycles. The van der Waals surface area contributed by atoms with Crippen LogP contribution in [0.3, 0.4) is 0 Å². The van der Waals surface area contributed by atoms with Crippen molar-refractivity contribution in [1.82, 2.24) is 9.88 Å². The predicted octanol–water partition coefficient (Wildman–Crippen LogP) is 3.09. The monoisotopic (exact) mass is 375 g/mol. The molecule has 7 heteroatoms. The van der Waals surface area contributed by atoms with Crippen molar-refractivity contribution in [3.63, 3.8) is 0 Å². The maximum atomic E-state index is 13.1. The molecule has 0 N–H and O–H groups in total. The zero-order valence-corrected chi connectivity index (χ0v) is 15.1. The van der Waals surface area contributed by atoms with Crippen molar-refractivity contribution < 1.29 is 13.9 Å². The number of ether oxygens (including phenoxy) is 1. The summed E-state index contributed by atoms with van der Waals surface area (Å²) in [6.07, 6.45) is 1.24. The Balaban J connectivity index is 1.45. The van der Waals surface area contributed by atoms with Crippen LogP contribution in [0.1, 0.15) is 10.4 Å². The Hall–Kier alpha value is -2.34. The minimum absolute atomic E-state index is 0.0507. The van der Waals surface area contributed by atoms with Crippen LogP contribution in [-0.4, -0.2) is 49.1 Å². The second-order valence-corrected chi connectivity index (χ2v) is 7.25. The fourth-order valence-corrected chi connectivity index (χ4v) is 4.09. The Bertz CT molecular complexity index is 816. The number of rotatable bonds is 3. The molecule has 0 bridgehead atoms. The number of halogens is 2. The Morgan fingerprint density at radius 1 is 1.19 bits per heavy atom. The highest BCUT2D eigenvalue weighted by molar-refractivity contribution is 6.31. The summed E-state index contributed by atoms with van der Waals surface area (Å²) in [5.74, 6) is 1.71. The van der Waals surface area contributed by atoms with Crippen molar-refractivity contribution in [3.8, 4) is 5.75 Å². The third-order valence-corrected chi connectivity index (χ3v) is 5.44. The van der Waals surface area contributed by atoms with Gasteiger partial charge in [-0.25, -0.2) is 9.37 Å². The highest BCUT2D eigenvalue weighted by atomic mass is 35.5. The summed E-state index contributed by atoms with van der Waals surface area (Å²) in [4.78, 5) is 21.1. The minimum atomic E-state index is -0.333. The zero-order valence-electron chi connectivity index (χ0n) is 14.4. The van der Waals surface area contributed by atoms with Crippen LogP contribution in [-0.2, 0) is 0 Å². The van der Waals surface area contributed by atoms with Crippen LogP contribution in [0, 0.1) is 17.7 Å². The van der Waals surface area contributed by atoms with Crippen molar-refractivity contribution in [3.05, 3.63) is 52.9 Å². The molecular weight excluding hydrogens is 357 g/mol. The maximum Gasteiger partial charge on any atom is 0.257 e. The number of benzene rings is 1. The smallest absolute Gasteiger partial charge is 0.257 e. The van der Waals surface area contributed by atoms with E-state index in [1.807, 2.05) is 4.90 Å². The van der Waals surface area contributed by atoms with Gasteiger partial charge in [0.05, 0.1) is 18.9 Å². The van der Waals surface area contributed by atoms with Crippen molar-refractivity contribution in [2.24, 2.45) is 11.8 Å². The van der Waals surface area contributed by atoms with E-state index in [0.29, 0.717) is 41.3 Å². The molecule has 1 aromatic carbocycles. The topological polar surface area (TPSA) is 45.7 Å². The Morgan fingerprint density at radius 2 is 1.92 bits per heavy atom. The molecular formula is C19H19ClFN3O2. The molecule has 2 fully saturated rings. The van der Waals surface area contributed by atoms with Gasteiger partial charge < -0.3 is 14.5 Å². The fourth-order valence-electron chi connectivity index (χ4n) is 3.92. The summed E-state index contributed by atoms with van der Waals surface area (Å²) in [5, 5.41) is 0.516. The highest BCUT2D eigenvalue weighted by Gasteiger charge is 2.42. The van der Waals surface area contributed by atoms with Crippen LogP contribution in [0.25, 0.3) is 0 Å². The van der Waals surface area contributed by atoms with Crippen molar-refractivity contribution in [1.29, 1.82) is 0 Å². The number of methoxy groups -OCH3 is 1. The number of fused-ring (bicyclic) bond motifs is 1. The quantitative estimate of drug-likeness (QED) is 0.827. The fraction of sp³-hybridized carbons (Fsp3) is 0.368. The maximum absolute atomic E-state index is 13.1. The average Bonchev–Trinajstić information content (AvgIpc) is 3.21. The number of pyridine rings is 1. The number of carbonyl (C=O) groups is 1. The van der Waals surface area contributed by atoms with E-state index in [2.05, 4.69) is 9.88 Å². The third-order valence-electron chi connectivity index (χ3n) is 5.20. The number of likely N-dealkylation sites (tertiary alicyclic amines) is 1. The molecule has 26 heavy (non-hydrogen) atoms. The first-order valence-corrected chi connectivity index (χ1v) is 8.92. The Kier molecular flexibility index (Phi) is 4.44. The molecule has 2 aliphatic rings. The SMILES string of the molecule is COc1ccc(Cl)cc1C(=O)N1CC2CN(c3ccc(F)cn3)CC2C1. The normalized spacial score (nSPS) is 21.8. The summed E-state index contributed by atoms with van der Waals surface area (Å²) in [7, 11) is 1.55. The van der Waals surface area contributed by atoms with Crippen LogP contribution >= 0.6 is 11.6 Å². The second kappa shape index (κ2) is 6.76. The number of amides is 1. The molecule has 2 aliphatic heterocycles. The average molecular weight is 376 g/mol. The summed E-state index contributed by atoms with van der Waals surface area (Å²) in [6, 6.07) is 8.22. The lowest BCUT2D eigenvalue weighted by molar-refractivity contribution is 0.0779. The van der Waals surface area contributed by atoms with Gasteiger partial charge in [-0.05, 0) is 30.3 Å². The Labute approximate surface area is 156 Å². The number of hydrogen-bond acceptors (Lipinski definition) is 4. The third kappa shape index (κ3) is 3.09. The standard InChI is InChI=1S/C19H19ClFN3O2/c1-26-17-4-2-14(20)6-16(17)19(25)24-10-12-8-23(9-13(12)11-24)18-5-3-15(21)7-22-18/h2-7,12-13H,8-11H2,1H3. The lowest BCUT2D eigenvalue weighted by Gasteiger charge is -2.23. The molecule has 4 rings (SSSR count). The molecule has 0 aliphatic carbocycles. The van der Waals surface area contributed by atoms with Gasteiger partial charge in [-0.1, -0.05) is 11.6 Å². The molecule has 2 atom stereocenters. The van der Waals surface area contributed by atoms with E-state index in [1.165, 1.54) is 12.3 Å². The van der Waals surface area contributed by atoms with Gasteiger partial charge in [-0.2, -0.15) is 0 Å². The first kappa shape index (κ1) is 17.1. The van der Waals surface area contributed by atoms with Crippen molar-refractivity contribution in [2.45, 2.75) is 0 Å². The molecule has 1 aromatic heterocycles. The molecule has 0 saturated carbocycles. The van der Waals surface area contributed by atoms with E-state index in [-0.39, 0.29) is 11.7 Å². The van der Waals surface area contributed by atoms with E-state index in [0.717, 1.165) is 18.9 Å². The van der Waals surface area contributed by atoms with E-state index < -0.39 is 0 Å². The molecule has 136 valence electrons. The number of carbonyl (C=O) groups excluding carboxylic acids is 1. The molecule has 0 spiro atoms. The lowest BCUT2D eigenvalue weighted by atomic mass is 10.0. The van der Waals surface area contributed by atoms with E-state index in [1.54, 1.807) is 31.4 Å². The van der Waals surface area contributed by atoms with Gasteiger partial charge in [0.1, 0.15) is 17.4 Å². The number of anilines is 1. The lowest BCUT2D eigenvalue weighted by Crippen LogP contribution is -2.33. The van der Waals surface area contributed by atoms with Crippen LogP contribution in [0.4, 0.5) is 10.2 Å². The van der Waals surface area contributed by atoms with Crippen LogP contribution in [0.2, 0.25) is 5.02 Å². The Morgan fingerprint density at radius 3 is 2.54 bits per heavy atom. The number of hydrogen-bond donors (Lipinski definition) is 0. The summed E-state index contributed by atoms with van der Waals surface area (Å²) >= 11 is 6.05. The summed E-state index contributed by atoms with van der Waals surface area (Å²) < 4.78 is 18.4. The number of nitrogens with zero attached hydrogens (tertiary/aromatic N) is 3. The van der Waals surface area contributed by atoms with E-state index >= 15 is 0 Å². The molecule has 2 aromatic rings. The van der Waals surface area contributed by atoms with Gasteiger partial charge >= 0.3 is 0 Å². The van der Waals surface area contributed by atoms with Gasteiger partial charge in [0.2, 0.25) is 0 Å². The van der Waals surface area contributed by atoms with Crippen molar-refractivity contribution in [2.75, 3.05) is 38.2 Å². The summed E-state index contributed by atoms with van der Waals surface area (Å²) in [5.41, 5.74) is 0.497. The second-order valence-electron chi connectivity index (χ2n) is 6.81. The zero-order chi connectivity index (χ0) is 18.3. The van der Waals surface area contributed by atoms with E-state index in [9.17, 15) is 9.18 Å². The molecule has 2 unspecified atom stereocenters. The van der Waals surface area contributed by atoms with Crippen LogP contribution < -0.4 is 9.64 Å². The van der Waals surface area contributed by atoms with E-state index in [4.69, 9.17) is 16.3 Å². The van der Waals surface area contributed by atoms with Gasteiger partial charge in [-0.3, -0.25) is 4.79 Å². The molecule has 2 saturated heterocycles. The molecule has 0 radical (unpaired) electrons. The minimum Gasteiger partial charge on any atom is -0.496 e. The van der Waals surface area contributed by atoms with Gasteiger partial charge in [0.15, 0.2) is 0 Å². The molecule has 1 amide bonds. The highest BCUT2D eigenvalue weighted by Crippen LogP contribution is 2.35. The number of aromatic nitrogens is 1. The largest absolute Gasteiger partial charge is 0.496 e. The van der Waals surface area contributed by atoms with Crippen LogP contribution in [0.5, 0.6) is 5.75 Å². The summed E-state index contributed by atoms with van der Waals surface area (Å²) in [6.45, 7) is 3.02. The van der Waals surface area contributed by atoms with Gasteiger partial charge in [0.25, 0.3) is 5.91 Å². The van der Waals surface area contributed by atoms with Gasteiger partial charge in [-0.15, -0.1) is 0 Å². The van der Waals surface area contributed by atoms with Crippen molar-refractivity contribution >= 4 is 23.3 Å². The molecule has 5 nitrogen and oxygen atoms in total. The predicted molar refractivity (Wildman–Crippen MR) is 97.3 cm³/mol. The first-order valence-electron chi connectivity index (χ1n) is 8.54.